The normalized spacial score (nSPS) is 10.7. The van der Waals surface area contributed by atoms with E-state index in [1.54, 1.807) is 25.2 Å². The lowest BCUT2D eigenvalue weighted by molar-refractivity contribution is 0.101. The van der Waals surface area contributed by atoms with E-state index in [1.165, 1.54) is 4.68 Å². The van der Waals surface area contributed by atoms with Gasteiger partial charge in [-0.25, -0.2) is 4.98 Å². The number of nitrogens with one attached hydrogen (secondary N) is 1. The van der Waals surface area contributed by atoms with Crippen molar-refractivity contribution >= 4 is 22.6 Å². The molecule has 23 heavy (non-hydrogen) atoms. The van der Waals surface area contributed by atoms with E-state index >= 15 is 0 Å². The molecule has 3 rings (SSSR count). The molecule has 1 N–H and O–H groups in total. The molecule has 0 radical (unpaired) electrons. The van der Waals surface area contributed by atoms with Crippen molar-refractivity contribution in [1.29, 1.82) is 0 Å². The van der Waals surface area contributed by atoms with Gasteiger partial charge in [0.2, 0.25) is 5.43 Å². The van der Waals surface area contributed by atoms with Crippen LogP contribution in [0.2, 0.25) is 0 Å². The second-order valence-corrected chi connectivity index (χ2v) is 5.44. The molecule has 0 fully saturated rings. The zero-order valence-corrected chi connectivity index (χ0v) is 13.1. The van der Waals surface area contributed by atoms with Gasteiger partial charge in [0.1, 0.15) is 5.82 Å². The Morgan fingerprint density at radius 1 is 1.17 bits per heavy atom. The van der Waals surface area contributed by atoms with Crippen LogP contribution in [0.25, 0.3) is 10.9 Å². The molecule has 0 aliphatic carbocycles. The Morgan fingerprint density at radius 2 is 1.96 bits per heavy atom. The van der Waals surface area contributed by atoms with Crippen molar-refractivity contribution in [3.8, 4) is 0 Å². The fraction of sp³-hybridized carbons (Fsp3) is 0.176. The smallest absolute Gasteiger partial charge is 0.281 e. The summed E-state index contributed by atoms with van der Waals surface area (Å²) in [5, 5.41) is 7.21. The summed E-state index contributed by atoms with van der Waals surface area (Å²) in [6.45, 7) is 3.72. The predicted molar refractivity (Wildman–Crippen MR) is 88.6 cm³/mol. The van der Waals surface area contributed by atoms with Crippen LogP contribution in [0.5, 0.6) is 0 Å². The topological polar surface area (TPSA) is 76.9 Å². The maximum Gasteiger partial charge on any atom is 0.281 e. The van der Waals surface area contributed by atoms with Crippen molar-refractivity contribution in [1.82, 2.24) is 14.8 Å². The minimum atomic E-state index is -0.563. The molecule has 0 saturated heterocycles. The molecule has 3 aromatic rings. The summed E-state index contributed by atoms with van der Waals surface area (Å²) >= 11 is 0. The van der Waals surface area contributed by atoms with E-state index in [1.807, 2.05) is 32.0 Å². The van der Waals surface area contributed by atoms with Gasteiger partial charge in [-0.15, -0.1) is 0 Å². The van der Waals surface area contributed by atoms with Gasteiger partial charge < -0.3 is 5.32 Å². The monoisotopic (exact) mass is 308 g/mol. The first-order valence-electron chi connectivity index (χ1n) is 7.18. The number of aryl methyl sites for hydroxylation is 3. The standard InChI is InChI=1S/C17H16N4O2/c1-10-7-8-13-12(9-10)16(22)15(20-21(13)3)17(23)19-14-6-4-5-11(2)18-14/h4-9H,1-3H3,(H,18,19,23). The van der Waals surface area contributed by atoms with Gasteiger partial charge >= 0.3 is 0 Å². The first-order chi connectivity index (χ1) is 11.0. The van der Waals surface area contributed by atoms with Crippen LogP contribution < -0.4 is 10.7 Å². The highest BCUT2D eigenvalue weighted by atomic mass is 16.2. The molecule has 0 saturated carbocycles. The van der Waals surface area contributed by atoms with Crippen LogP contribution in [-0.4, -0.2) is 20.7 Å². The van der Waals surface area contributed by atoms with Gasteiger partial charge in [0.15, 0.2) is 5.69 Å². The Labute approximate surface area is 132 Å². The highest BCUT2D eigenvalue weighted by molar-refractivity contribution is 6.03. The fourth-order valence-corrected chi connectivity index (χ4v) is 2.43. The second kappa shape index (κ2) is 5.64. The van der Waals surface area contributed by atoms with Gasteiger partial charge in [0, 0.05) is 12.7 Å². The number of amides is 1. The number of hydrogen-bond donors (Lipinski definition) is 1. The molecule has 0 bridgehead atoms. The summed E-state index contributed by atoms with van der Waals surface area (Å²) in [5.74, 6) is -0.171. The fourth-order valence-electron chi connectivity index (χ4n) is 2.43. The number of rotatable bonds is 2. The zero-order chi connectivity index (χ0) is 16.6. The molecule has 6 nitrogen and oxygen atoms in total. The molecule has 1 aromatic carbocycles. The van der Waals surface area contributed by atoms with Crippen LogP contribution in [0.4, 0.5) is 5.82 Å². The van der Waals surface area contributed by atoms with E-state index in [0.717, 1.165) is 11.3 Å². The van der Waals surface area contributed by atoms with Crippen LogP contribution in [0, 0.1) is 13.8 Å². The Hall–Kier alpha value is -3.02. The number of pyridine rings is 1. The summed E-state index contributed by atoms with van der Waals surface area (Å²) in [6, 6.07) is 10.8. The predicted octanol–water partition coefficient (Wildman–Crippen LogP) is 2.20. The third kappa shape index (κ3) is 2.83. The molecule has 0 atom stereocenters. The Balaban J connectivity index is 2.07. The molecule has 1 amide bonds. The third-order valence-electron chi connectivity index (χ3n) is 3.56. The lowest BCUT2D eigenvalue weighted by Gasteiger charge is -2.09. The Bertz CT molecular complexity index is 976. The molecule has 0 unspecified atom stereocenters. The average Bonchev–Trinajstić information content (AvgIpc) is 2.50. The van der Waals surface area contributed by atoms with E-state index < -0.39 is 5.91 Å². The van der Waals surface area contributed by atoms with Crippen LogP contribution in [-0.2, 0) is 7.05 Å². The minimum Gasteiger partial charge on any atom is -0.305 e. The maximum atomic E-state index is 12.6. The van der Waals surface area contributed by atoms with E-state index in [4.69, 9.17) is 0 Å². The number of aromatic nitrogens is 3. The van der Waals surface area contributed by atoms with Gasteiger partial charge in [-0.2, -0.15) is 5.10 Å². The van der Waals surface area contributed by atoms with Crippen molar-refractivity contribution < 1.29 is 4.79 Å². The van der Waals surface area contributed by atoms with Crippen molar-refractivity contribution in [2.75, 3.05) is 5.32 Å². The largest absolute Gasteiger partial charge is 0.305 e. The maximum absolute atomic E-state index is 12.6. The SMILES string of the molecule is Cc1ccc2c(c1)c(=O)c(C(=O)Nc1cccc(C)n1)nn2C. The molecule has 2 aromatic heterocycles. The second-order valence-electron chi connectivity index (χ2n) is 5.44. The molecule has 0 aliphatic rings. The lowest BCUT2D eigenvalue weighted by Crippen LogP contribution is -2.26. The highest BCUT2D eigenvalue weighted by Gasteiger charge is 2.17. The van der Waals surface area contributed by atoms with E-state index in [-0.39, 0.29) is 11.1 Å². The number of hydrogen-bond acceptors (Lipinski definition) is 4. The third-order valence-corrected chi connectivity index (χ3v) is 3.56. The first-order valence-corrected chi connectivity index (χ1v) is 7.18. The molecule has 0 aliphatic heterocycles. The van der Waals surface area contributed by atoms with E-state index in [9.17, 15) is 9.59 Å². The average molecular weight is 308 g/mol. The Morgan fingerprint density at radius 3 is 2.70 bits per heavy atom. The minimum absolute atomic E-state index is 0.145. The first kappa shape index (κ1) is 14.9. The van der Waals surface area contributed by atoms with Crippen LogP contribution in [0.3, 0.4) is 0 Å². The zero-order valence-electron chi connectivity index (χ0n) is 13.1. The number of anilines is 1. The number of carbonyl (C=O) groups is 1. The molecule has 116 valence electrons. The molecule has 6 heteroatoms. The van der Waals surface area contributed by atoms with Gasteiger partial charge in [-0.3, -0.25) is 14.3 Å². The molecule has 2 heterocycles. The summed E-state index contributed by atoms with van der Waals surface area (Å²) in [7, 11) is 1.71. The number of benzene rings is 1. The van der Waals surface area contributed by atoms with Crippen molar-refractivity contribution in [3.05, 3.63) is 63.6 Å². The van der Waals surface area contributed by atoms with Crippen LogP contribution in [0.15, 0.2) is 41.2 Å². The summed E-state index contributed by atoms with van der Waals surface area (Å²) in [6.07, 6.45) is 0. The quantitative estimate of drug-likeness (QED) is 0.787. The number of fused-ring (bicyclic) bond motifs is 1. The van der Waals surface area contributed by atoms with Crippen LogP contribution in [0.1, 0.15) is 21.7 Å². The van der Waals surface area contributed by atoms with Crippen molar-refractivity contribution in [2.24, 2.45) is 7.05 Å². The lowest BCUT2D eigenvalue weighted by atomic mass is 10.1. The molecular formula is C17H16N4O2. The van der Waals surface area contributed by atoms with Crippen LogP contribution >= 0.6 is 0 Å². The van der Waals surface area contributed by atoms with Crippen molar-refractivity contribution in [3.63, 3.8) is 0 Å². The molecule has 0 spiro atoms. The summed E-state index contributed by atoms with van der Waals surface area (Å²) in [5.41, 5.74) is 1.89. The number of carbonyl (C=O) groups excluding carboxylic acids is 1. The van der Waals surface area contributed by atoms with Gasteiger partial charge in [0.25, 0.3) is 5.91 Å². The van der Waals surface area contributed by atoms with Gasteiger partial charge in [-0.1, -0.05) is 17.7 Å². The van der Waals surface area contributed by atoms with Gasteiger partial charge in [-0.05, 0) is 38.1 Å². The molecular weight excluding hydrogens is 292 g/mol. The van der Waals surface area contributed by atoms with E-state index in [0.29, 0.717) is 16.7 Å². The van der Waals surface area contributed by atoms with Crippen molar-refractivity contribution in [2.45, 2.75) is 13.8 Å². The van der Waals surface area contributed by atoms with E-state index in [2.05, 4.69) is 15.4 Å². The summed E-state index contributed by atoms with van der Waals surface area (Å²) in [4.78, 5) is 29.2. The highest BCUT2D eigenvalue weighted by Crippen LogP contribution is 2.12. The number of nitrogens with zero attached hydrogens (tertiary/aromatic N) is 3. The Kier molecular flexibility index (Phi) is 3.65. The summed E-state index contributed by atoms with van der Waals surface area (Å²) < 4.78 is 1.54. The van der Waals surface area contributed by atoms with Gasteiger partial charge in [0.05, 0.1) is 10.9 Å².